The molecule has 0 bridgehead atoms. The Morgan fingerprint density at radius 1 is 1.17 bits per heavy atom. The van der Waals surface area contributed by atoms with Crippen LogP contribution in [-0.2, 0) is 0 Å². The molecule has 0 amide bonds. The van der Waals surface area contributed by atoms with Gasteiger partial charge in [-0.2, -0.15) is 0 Å². The number of para-hydroxylation sites is 1. The van der Waals surface area contributed by atoms with E-state index in [1.165, 1.54) is 5.56 Å². The maximum Gasteiger partial charge on any atom is 0.120 e. The van der Waals surface area contributed by atoms with Crippen LogP contribution in [0.1, 0.15) is 24.1 Å². The van der Waals surface area contributed by atoms with Crippen LogP contribution < -0.4 is 5.32 Å². The number of rotatable bonds is 3. The van der Waals surface area contributed by atoms with Crippen LogP contribution in [-0.4, -0.2) is 5.11 Å². The van der Waals surface area contributed by atoms with E-state index < -0.39 is 0 Å². The molecule has 0 saturated heterocycles. The molecule has 3 heteroatoms. The van der Waals surface area contributed by atoms with Gasteiger partial charge in [0.25, 0.3) is 0 Å². The topological polar surface area (TPSA) is 32.3 Å². The van der Waals surface area contributed by atoms with Crippen LogP contribution in [0.25, 0.3) is 0 Å². The van der Waals surface area contributed by atoms with Gasteiger partial charge in [-0.25, -0.2) is 0 Å². The maximum atomic E-state index is 9.81. The molecule has 0 fully saturated rings. The zero-order valence-electron chi connectivity index (χ0n) is 10.4. The molecule has 18 heavy (non-hydrogen) atoms. The second kappa shape index (κ2) is 5.44. The lowest BCUT2D eigenvalue weighted by Gasteiger charge is -2.17. The highest BCUT2D eigenvalue weighted by atomic mass is 79.9. The molecule has 2 N–H and O–H groups in total. The normalized spacial score (nSPS) is 12.2. The fraction of sp³-hybridized carbons (Fsp3) is 0.200. The first-order chi connectivity index (χ1) is 8.58. The van der Waals surface area contributed by atoms with Crippen molar-refractivity contribution in [3.63, 3.8) is 0 Å². The third-order valence-electron chi connectivity index (χ3n) is 2.94. The fourth-order valence-corrected chi connectivity index (χ4v) is 2.16. The largest absolute Gasteiger partial charge is 0.508 e. The third kappa shape index (κ3) is 2.85. The van der Waals surface area contributed by atoms with Gasteiger partial charge in [-0.15, -0.1) is 0 Å². The first-order valence-corrected chi connectivity index (χ1v) is 6.68. The second-order valence-electron chi connectivity index (χ2n) is 4.39. The summed E-state index contributed by atoms with van der Waals surface area (Å²) in [4.78, 5) is 0. The molecule has 0 aliphatic carbocycles. The Kier molecular flexibility index (Phi) is 3.92. The zero-order valence-corrected chi connectivity index (χ0v) is 12.0. The van der Waals surface area contributed by atoms with Gasteiger partial charge in [0, 0.05) is 15.7 Å². The van der Waals surface area contributed by atoms with Gasteiger partial charge in [0.2, 0.25) is 0 Å². The Morgan fingerprint density at radius 3 is 2.56 bits per heavy atom. The number of aryl methyl sites for hydroxylation is 1. The molecule has 2 aromatic rings. The fourth-order valence-electron chi connectivity index (χ4n) is 1.92. The number of benzene rings is 2. The lowest BCUT2D eigenvalue weighted by molar-refractivity contribution is 0.465. The molecule has 0 aliphatic heterocycles. The monoisotopic (exact) mass is 305 g/mol. The molecule has 0 aromatic heterocycles. The van der Waals surface area contributed by atoms with E-state index in [1.54, 1.807) is 6.07 Å². The van der Waals surface area contributed by atoms with E-state index in [4.69, 9.17) is 0 Å². The molecule has 0 saturated carbocycles. The van der Waals surface area contributed by atoms with E-state index in [0.717, 1.165) is 15.7 Å². The van der Waals surface area contributed by atoms with E-state index in [0.29, 0.717) is 5.75 Å². The van der Waals surface area contributed by atoms with Crippen LogP contribution in [0.2, 0.25) is 0 Å². The van der Waals surface area contributed by atoms with E-state index in [2.05, 4.69) is 34.2 Å². The van der Waals surface area contributed by atoms with E-state index in [9.17, 15) is 5.11 Å². The lowest BCUT2D eigenvalue weighted by Crippen LogP contribution is -2.06. The van der Waals surface area contributed by atoms with Crippen molar-refractivity contribution in [2.24, 2.45) is 0 Å². The van der Waals surface area contributed by atoms with E-state index in [1.807, 2.05) is 37.3 Å². The Labute approximate surface area is 116 Å². The molecule has 2 aromatic carbocycles. The van der Waals surface area contributed by atoms with E-state index in [-0.39, 0.29) is 6.04 Å². The molecule has 0 aliphatic rings. The van der Waals surface area contributed by atoms with E-state index >= 15 is 0 Å². The smallest absolute Gasteiger partial charge is 0.120 e. The number of hydrogen-bond donors (Lipinski definition) is 2. The van der Waals surface area contributed by atoms with Gasteiger partial charge in [-0.1, -0.05) is 34.1 Å². The summed E-state index contributed by atoms with van der Waals surface area (Å²) >= 11 is 3.48. The average Bonchev–Trinajstić information content (AvgIpc) is 2.34. The zero-order chi connectivity index (χ0) is 13.1. The third-order valence-corrected chi connectivity index (χ3v) is 3.83. The summed E-state index contributed by atoms with van der Waals surface area (Å²) in [7, 11) is 0. The van der Waals surface area contributed by atoms with Crippen LogP contribution in [0.3, 0.4) is 0 Å². The molecule has 0 radical (unpaired) electrons. The van der Waals surface area contributed by atoms with Gasteiger partial charge in [-0.05, 0) is 43.7 Å². The maximum absolute atomic E-state index is 9.81. The van der Waals surface area contributed by atoms with Crippen LogP contribution in [0.5, 0.6) is 5.75 Å². The van der Waals surface area contributed by atoms with Gasteiger partial charge in [0.15, 0.2) is 0 Å². The summed E-state index contributed by atoms with van der Waals surface area (Å²) in [6.07, 6.45) is 0. The summed E-state index contributed by atoms with van der Waals surface area (Å²) in [6.45, 7) is 4.09. The summed E-state index contributed by atoms with van der Waals surface area (Å²) < 4.78 is 1.10. The summed E-state index contributed by atoms with van der Waals surface area (Å²) in [5.41, 5.74) is 3.13. The minimum atomic E-state index is 0.0618. The molecule has 94 valence electrons. The summed E-state index contributed by atoms with van der Waals surface area (Å²) in [6, 6.07) is 13.6. The Hall–Kier alpha value is -1.48. The van der Waals surface area contributed by atoms with Crippen LogP contribution in [0.15, 0.2) is 46.9 Å². The van der Waals surface area contributed by atoms with Crippen molar-refractivity contribution in [3.05, 3.63) is 58.1 Å². The van der Waals surface area contributed by atoms with Crippen molar-refractivity contribution in [2.75, 3.05) is 5.32 Å². The highest BCUT2D eigenvalue weighted by molar-refractivity contribution is 9.10. The molecular formula is C15H16BrNO. The van der Waals surface area contributed by atoms with Crippen molar-refractivity contribution in [1.82, 2.24) is 0 Å². The Balaban J connectivity index is 2.19. The molecule has 1 unspecified atom stereocenters. The van der Waals surface area contributed by atoms with Crippen molar-refractivity contribution in [1.29, 1.82) is 0 Å². The van der Waals surface area contributed by atoms with Gasteiger partial charge in [0.05, 0.1) is 6.04 Å². The standard InChI is InChI=1S/C15H16BrNO/c1-10-9-12(7-8-14(10)16)17-11(2)13-5-3-4-6-15(13)18/h3-9,11,17-18H,1-2H3. The van der Waals surface area contributed by atoms with Gasteiger partial charge in [-0.3, -0.25) is 0 Å². The molecule has 0 spiro atoms. The van der Waals surface area contributed by atoms with Crippen LogP contribution >= 0.6 is 15.9 Å². The number of phenolic OH excluding ortho intramolecular Hbond substituents is 1. The number of anilines is 1. The quantitative estimate of drug-likeness (QED) is 0.866. The number of hydrogen-bond acceptors (Lipinski definition) is 2. The van der Waals surface area contributed by atoms with Crippen molar-refractivity contribution in [3.8, 4) is 5.75 Å². The lowest BCUT2D eigenvalue weighted by atomic mass is 10.1. The minimum Gasteiger partial charge on any atom is -0.508 e. The number of phenols is 1. The minimum absolute atomic E-state index is 0.0618. The van der Waals surface area contributed by atoms with Gasteiger partial charge >= 0.3 is 0 Å². The Morgan fingerprint density at radius 2 is 1.89 bits per heavy atom. The average molecular weight is 306 g/mol. The summed E-state index contributed by atoms with van der Waals surface area (Å²) in [5.74, 6) is 0.325. The first kappa shape index (κ1) is 13.0. The predicted molar refractivity (Wildman–Crippen MR) is 79.0 cm³/mol. The number of halogens is 1. The van der Waals surface area contributed by atoms with Crippen molar-refractivity contribution < 1.29 is 5.11 Å². The number of aromatic hydroxyl groups is 1. The van der Waals surface area contributed by atoms with Gasteiger partial charge in [0.1, 0.15) is 5.75 Å². The van der Waals surface area contributed by atoms with Crippen LogP contribution in [0.4, 0.5) is 5.69 Å². The van der Waals surface area contributed by atoms with Crippen molar-refractivity contribution in [2.45, 2.75) is 19.9 Å². The van der Waals surface area contributed by atoms with Crippen molar-refractivity contribution >= 4 is 21.6 Å². The highest BCUT2D eigenvalue weighted by Gasteiger charge is 2.09. The highest BCUT2D eigenvalue weighted by Crippen LogP contribution is 2.28. The molecule has 2 rings (SSSR count). The molecule has 2 nitrogen and oxygen atoms in total. The molecule has 0 heterocycles. The molecule has 1 atom stereocenters. The molecular weight excluding hydrogens is 290 g/mol. The second-order valence-corrected chi connectivity index (χ2v) is 5.24. The predicted octanol–water partition coefficient (Wildman–Crippen LogP) is 4.64. The Bertz CT molecular complexity index is 554. The number of nitrogens with one attached hydrogen (secondary N) is 1. The summed E-state index contributed by atoms with van der Waals surface area (Å²) in [5, 5.41) is 13.2. The van der Waals surface area contributed by atoms with Crippen LogP contribution in [0, 0.1) is 6.92 Å². The SMILES string of the molecule is Cc1cc(NC(C)c2ccccc2O)ccc1Br. The van der Waals surface area contributed by atoms with Gasteiger partial charge < -0.3 is 10.4 Å². The first-order valence-electron chi connectivity index (χ1n) is 5.88.